The standard InChI is InChI=1S/C17H20N2O2S/c1-12-9-15(22-11-12)16(14-6-2-3-7-18-14)19-8-4-5-13(10-19)17(20)21/h2-3,6-7,9,11,13,16H,4-5,8,10H2,1H3,(H,20,21). The Bertz CT molecular complexity index is 641. The first-order valence-electron chi connectivity index (χ1n) is 7.58. The lowest BCUT2D eigenvalue weighted by molar-refractivity contribution is -0.143. The van der Waals surface area contributed by atoms with Gasteiger partial charge in [-0.25, -0.2) is 0 Å². The minimum Gasteiger partial charge on any atom is -0.481 e. The van der Waals surface area contributed by atoms with Crippen LogP contribution in [-0.4, -0.2) is 34.0 Å². The molecule has 1 saturated heterocycles. The van der Waals surface area contributed by atoms with Gasteiger partial charge in [-0.15, -0.1) is 11.3 Å². The van der Waals surface area contributed by atoms with Crippen molar-refractivity contribution in [3.8, 4) is 0 Å². The molecule has 1 aliphatic rings. The zero-order valence-electron chi connectivity index (χ0n) is 12.6. The maximum atomic E-state index is 11.4. The van der Waals surface area contributed by atoms with Gasteiger partial charge in [0.2, 0.25) is 0 Å². The number of aryl methyl sites for hydroxylation is 1. The molecule has 116 valence electrons. The fourth-order valence-electron chi connectivity index (χ4n) is 3.09. The van der Waals surface area contributed by atoms with Gasteiger partial charge >= 0.3 is 5.97 Å². The third-order valence-electron chi connectivity index (χ3n) is 4.16. The van der Waals surface area contributed by atoms with Crippen molar-refractivity contribution in [2.24, 2.45) is 5.92 Å². The molecule has 1 fully saturated rings. The van der Waals surface area contributed by atoms with Gasteiger partial charge in [-0.05, 0) is 55.5 Å². The Hall–Kier alpha value is -1.72. The molecule has 0 saturated carbocycles. The van der Waals surface area contributed by atoms with Crippen LogP contribution in [0.5, 0.6) is 0 Å². The highest BCUT2D eigenvalue weighted by Crippen LogP contribution is 2.34. The molecule has 3 rings (SSSR count). The average Bonchev–Trinajstić information content (AvgIpc) is 2.95. The van der Waals surface area contributed by atoms with Crippen molar-refractivity contribution in [2.45, 2.75) is 25.8 Å². The molecule has 4 nitrogen and oxygen atoms in total. The molecule has 0 spiro atoms. The summed E-state index contributed by atoms with van der Waals surface area (Å²) in [5.74, 6) is -0.965. The van der Waals surface area contributed by atoms with E-state index >= 15 is 0 Å². The quantitative estimate of drug-likeness (QED) is 0.940. The first-order chi connectivity index (χ1) is 10.6. The van der Waals surface area contributed by atoms with Crippen LogP contribution in [-0.2, 0) is 4.79 Å². The summed E-state index contributed by atoms with van der Waals surface area (Å²) in [6.07, 6.45) is 3.50. The molecule has 2 unspecified atom stereocenters. The lowest BCUT2D eigenvalue weighted by Crippen LogP contribution is -2.41. The van der Waals surface area contributed by atoms with Crippen molar-refractivity contribution in [3.63, 3.8) is 0 Å². The van der Waals surface area contributed by atoms with Gasteiger partial charge in [-0.2, -0.15) is 0 Å². The molecular formula is C17H20N2O2S. The van der Waals surface area contributed by atoms with E-state index in [2.05, 4.69) is 28.3 Å². The Labute approximate surface area is 134 Å². The Morgan fingerprint density at radius 2 is 2.36 bits per heavy atom. The topological polar surface area (TPSA) is 53.4 Å². The van der Waals surface area contributed by atoms with Crippen molar-refractivity contribution in [3.05, 3.63) is 52.0 Å². The molecule has 0 radical (unpaired) electrons. The van der Waals surface area contributed by atoms with Crippen LogP contribution in [0.25, 0.3) is 0 Å². The summed E-state index contributed by atoms with van der Waals surface area (Å²) in [5, 5.41) is 11.5. The van der Waals surface area contributed by atoms with E-state index in [1.54, 1.807) is 17.5 Å². The number of hydrogen-bond acceptors (Lipinski definition) is 4. The second kappa shape index (κ2) is 6.58. The maximum Gasteiger partial charge on any atom is 0.307 e. The van der Waals surface area contributed by atoms with Gasteiger partial charge in [0.1, 0.15) is 0 Å². The van der Waals surface area contributed by atoms with Gasteiger partial charge in [0.25, 0.3) is 0 Å². The molecule has 0 bridgehead atoms. The highest BCUT2D eigenvalue weighted by Gasteiger charge is 2.32. The summed E-state index contributed by atoms with van der Waals surface area (Å²) in [5.41, 5.74) is 2.24. The predicted octanol–water partition coefficient (Wildman–Crippen LogP) is 3.34. The van der Waals surface area contributed by atoms with E-state index < -0.39 is 5.97 Å². The predicted molar refractivity (Wildman–Crippen MR) is 87.1 cm³/mol. The average molecular weight is 316 g/mol. The van der Waals surface area contributed by atoms with E-state index in [-0.39, 0.29) is 12.0 Å². The number of aliphatic carboxylic acids is 1. The molecule has 0 aromatic carbocycles. The minimum absolute atomic E-state index is 0.0575. The second-order valence-electron chi connectivity index (χ2n) is 5.86. The van der Waals surface area contributed by atoms with Crippen LogP contribution in [0.2, 0.25) is 0 Å². The van der Waals surface area contributed by atoms with E-state index in [1.165, 1.54) is 10.4 Å². The van der Waals surface area contributed by atoms with E-state index in [0.717, 1.165) is 25.1 Å². The highest BCUT2D eigenvalue weighted by atomic mass is 32.1. The third kappa shape index (κ3) is 3.20. The molecule has 0 aliphatic carbocycles. The summed E-state index contributed by atoms with van der Waals surface area (Å²) >= 11 is 1.73. The summed E-state index contributed by atoms with van der Waals surface area (Å²) in [6, 6.07) is 8.19. The smallest absolute Gasteiger partial charge is 0.307 e. The summed E-state index contributed by atoms with van der Waals surface area (Å²) < 4.78 is 0. The number of hydrogen-bond donors (Lipinski definition) is 1. The van der Waals surface area contributed by atoms with Crippen LogP contribution in [0.4, 0.5) is 0 Å². The molecule has 5 heteroatoms. The lowest BCUT2D eigenvalue weighted by Gasteiger charge is -2.36. The van der Waals surface area contributed by atoms with E-state index in [4.69, 9.17) is 0 Å². The Morgan fingerprint density at radius 3 is 3.00 bits per heavy atom. The number of nitrogens with zero attached hydrogens (tertiary/aromatic N) is 2. The maximum absolute atomic E-state index is 11.4. The lowest BCUT2D eigenvalue weighted by atomic mass is 9.95. The fourth-order valence-corrected chi connectivity index (χ4v) is 4.13. The van der Waals surface area contributed by atoms with Crippen LogP contribution in [0.1, 0.15) is 35.0 Å². The normalized spacial score (nSPS) is 20.7. The number of piperidine rings is 1. The van der Waals surface area contributed by atoms with Gasteiger partial charge < -0.3 is 5.11 Å². The summed E-state index contributed by atoms with van der Waals surface area (Å²) in [7, 11) is 0. The molecular weight excluding hydrogens is 296 g/mol. The van der Waals surface area contributed by atoms with Gasteiger partial charge in [-0.3, -0.25) is 14.7 Å². The molecule has 2 aromatic heterocycles. The Morgan fingerprint density at radius 1 is 1.50 bits per heavy atom. The largest absolute Gasteiger partial charge is 0.481 e. The SMILES string of the molecule is Cc1csc(C(c2ccccn2)N2CCCC(C(=O)O)C2)c1. The highest BCUT2D eigenvalue weighted by molar-refractivity contribution is 7.10. The molecule has 2 atom stereocenters. The van der Waals surface area contributed by atoms with Crippen LogP contribution < -0.4 is 0 Å². The Balaban J connectivity index is 1.93. The number of carboxylic acids is 1. The summed E-state index contributed by atoms with van der Waals surface area (Å²) in [4.78, 5) is 19.4. The second-order valence-corrected chi connectivity index (χ2v) is 6.80. The van der Waals surface area contributed by atoms with Crippen LogP contribution in [0.15, 0.2) is 35.8 Å². The zero-order valence-corrected chi connectivity index (χ0v) is 13.4. The number of carbonyl (C=O) groups is 1. The molecule has 1 aliphatic heterocycles. The minimum atomic E-state index is -0.688. The van der Waals surface area contributed by atoms with Crippen molar-refractivity contribution >= 4 is 17.3 Å². The van der Waals surface area contributed by atoms with Gasteiger partial charge in [0.05, 0.1) is 17.7 Å². The molecule has 2 aromatic rings. The van der Waals surface area contributed by atoms with Crippen LogP contribution in [0.3, 0.4) is 0 Å². The fraction of sp³-hybridized carbons (Fsp3) is 0.412. The zero-order chi connectivity index (χ0) is 15.5. The number of aromatic nitrogens is 1. The number of thiophene rings is 1. The van der Waals surface area contributed by atoms with Gasteiger partial charge in [-0.1, -0.05) is 6.07 Å². The molecule has 1 N–H and O–H groups in total. The van der Waals surface area contributed by atoms with Crippen LogP contribution >= 0.6 is 11.3 Å². The van der Waals surface area contributed by atoms with E-state index in [1.807, 2.05) is 18.2 Å². The van der Waals surface area contributed by atoms with Crippen molar-refractivity contribution in [2.75, 3.05) is 13.1 Å². The number of likely N-dealkylation sites (tertiary alicyclic amines) is 1. The van der Waals surface area contributed by atoms with Crippen molar-refractivity contribution in [1.29, 1.82) is 0 Å². The van der Waals surface area contributed by atoms with Crippen molar-refractivity contribution < 1.29 is 9.90 Å². The van der Waals surface area contributed by atoms with E-state index in [9.17, 15) is 9.90 Å². The molecule has 22 heavy (non-hydrogen) atoms. The number of pyridine rings is 1. The van der Waals surface area contributed by atoms with E-state index in [0.29, 0.717) is 6.54 Å². The molecule has 3 heterocycles. The molecule has 0 amide bonds. The first-order valence-corrected chi connectivity index (χ1v) is 8.46. The van der Waals surface area contributed by atoms with Gasteiger partial charge in [0, 0.05) is 17.6 Å². The third-order valence-corrected chi connectivity index (χ3v) is 5.26. The summed E-state index contributed by atoms with van der Waals surface area (Å²) in [6.45, 7) is 3.60. The van der Waals surface area contributed by atoms with Crippen molar-refractivity contribution in [1.82, 2.24) is 9.88 Å². The van der Waals surface area contributed by atoms with Gasteiger partial charge in [0.15, 0.2) is 0 Å². The Kier molecular flexibility index (Phi) is 4.55. The number of carboxylic acid groups (broad SMARTS) is 1. The number of rotatable bonds is 4. The van der Waals surface area contributed by atoms with Crippen LogP contribution in [0, 0.1) is 12.8 Å². The monoisotopic (exact) mass is 316 g/mol. The first kappa shape index (κ1) is 15.2.